The van der Waals surface area contributed by atoms with Crippen molar-refractivity contribution in [3.8, 4) is 5.75 Å². The van der Waals surface area contributed by atoms with Gasteiger partial charge in [-0.2, -0.15) is 0 Å². The van der Waals surface area contributed by atoms with Crippen LogP contribution in [0.1, 0.15) is 36.6 Å². The van der Waals surface area contributed by atoms with Crippen LogP contribution in [-0.2, 0) is 9.59 Å². The minimum atomic E-state index is -0.389. The molecule has 0 radical (unpaired) electrons. The number of hydrogen-bond donors (Lipinski definition) is 2. The van der Waals surface area contributed by atoms with Crippen LogP contribution >= 0.6 is 0 Å². The molecule has 0 bridgehead atoms. The smallest absolute Gasteiger partial charge is 0.225 e. The maximum absolute atomic E-state index is 13.2. The molecule has 1 aliphatic rings. The van der Waals surface area contributed by atoms with E-state index in [-0.39, 0.29) is 30.3 Å². The van der Waals surface area contributed by atoms with Gasteiger partial charge in [0.1, 0.15) is 5.75 Å². The highest BCUT2D eigenvalue weighted by Gasteiger charge is 2.30. The number of aromatic nitrogens is 1. The van der Waals surface area contributed by atoms with Gasteiger partial charge in [0.25, 0.3) is 0 Å². The Hall–Kier alpha value is -2.93. The predicted molar refractivity (Wildman–Crippen MR) is 106 cm³/mol. The van der Waals surface area contributed by atoms with Gasteiger partial charge in [-0.1, -0.05) is 18.2 Å². The van der Waals surface area contributed by atoms with Crippen LogP contribution in [0.15, 0.2) is 48.8 Å². The van der Waals surface area contributed by atoms with E-state index in [1.807, 2.05) is 41.3 Å². The van der Waals surface area contributed by atoms with Crippen LogP contribution in [0.2, 0.25) is 0 Å². The molecule has 7 heteroatoms. The number of hydrogen-bond acceptors (Lipinski definition) is 5. The Labute approximate surface area is 165 Å². The summed E-state index contributed by atoms with van der Waals surface area (Å²) in [5.74, 6) is 0.568. The Bertz CT molecular complexity index is 795. The molecule has 1 aliphatic heterocycles. The van der Waals surface area contributed by atoms with Crippen molar-refractivity contribution < 1.29 is 14.3 Å². The summed E-state index contributed by atoms with van der Waals surface area (Å²) in [4.78, 5) is 31.0. The number of rotatable bonds is 6. The third-order valence-electron chi connectivity index (χ3n) is 4.91. The number of carbonyl (C=O) groups excluding carboxylic acids is 2. The average Bonchev–Trinajstić information content (AvgIpc) is 2.73. The summed E-state index contributed by atoms with van der Waals surface area (Å²) in [5, 5.41) is 6.25. The zero-order valence-electron chi connectivity index (χ0n) is 16.2. The summed E-state index contributed by atoms with van der Waals surface area (Å²) in [5.41, 5.74) is 1.88. The topological polar surface area (TPSA) is 83.6 Å². The zero-order chi connectivity index (χ0) is 19.9. The summed E-state index contributed by atoms with van der Waals surface area (Å²) >= 11 is 0. The highest BCUT2D eigenvalue weighted by atomic mass is 16.5. The second kappa shape index (κ2) is 9.32. The van der Waals surface area contributed by atoms with Gasteiger partial charge < -0.3 is 20.3 Å². The fourth-order valence-corrected chi connectivity index (χ4v) is 3.50. The van der Waals surface area contributed by atoms with E-state index in [2.05, 4.69) is 15.6 Å². The summed E-state index contributed by atoms with van der Waals surface area (Å²) in [6.07, 6.45) is 3.72. The van der Waals surface area contributed by atoms with Crippen LogP contribution in [0.4, 0.5) is 0 Å². The first-order valence-electron chi connectivity index (χ1n) is 9.39. The minimum Gasteiger partial charge on any atom is -0.497 e. The first-order valence-corrected chi connectivity index (χ1v) is 9.39. The SMILES string of the molecule is COc1ccc(C(CC(=O)N2CCNCC2c2cccnc2)NC(C)=O)cc1. The number of benzene rings is 1. The fraction of sp³-hybridized carbons (Fsp3) is 0.381. The van der Waals surface area contributed by atoms with E-state index in [0.717, 1.165) is 23.4 Å². The first kappa shape index (κ1) is 19.8. The molecule has 7 nitrogen and oxygen atoms in total. The van der Waals surface area contributed by atoms with Crippen molar-refractivity contribution in [1.29, 1.82) is 0 Å². The van der Waals surface area contributed by atoms with E-state index in [4.69, 9.17) is 4.74 Å². The van der Waals surface area contributed by atoms with Gasteiger partial charge in [0, 0.05) is 39.0 Å². The fourth-order valence-electron chi connectivity index (χ4n) is 3.50. The summed E-state index contributed by atoms with van der Waals surface area (Å²) in [6.45, 7) is 3.51. The van der Waals surface area contributed by atoms with E-state index in [1.165, 1.54) is 6.92 Å². The van der Waals surface area contributed by atoms with E-state index >= 15 is 0 Å². The second-order valence-electron chi connectivity index (χ2n) is 6.82. The van der Waals surface area contributed by atoms with E-state index < -0.39 is 0 Å². The molecule has 0 aliphatic carbocycles. The van der Waals surface area contributed by atoms with Crippen LogP contribution in [0.25, 0.3) is 0 Å². The molecule has 0 saturated carbocycles. The third kappa shape index (κ3) is 4.86. The van der Waals surface area contributed by atoms with Gasteiger partial charge in [0.05, 0.1) is 25.6 Å². The number of carbonyl (C=O) groups is 2. The van der Waals surface area contributed by atoms with Crippen LogP contribution < -0.4 is 15.4 Å². The molecule has 2 heterocycles. The summed E-state index contributed by atoms with van der Waals surface area (Å²) in [6, 6.07) is 10.8. The number of pyridine rings is 1. The van der Waals surface area contributed by atoms with Gasteiger partial charge in [0.15, 0.2) is 0 Å². The lowest BCUT2D eigenvalue weighted by Gasteiger charge is -2.37. The second-order valence-corrected chi connectivity index (χ2v) is 6.82. The van der Waals surface area contributed by atoms with Crippen molar-refractivity contribution >= 4 is 11.8 Å². The van der Waals surface area contributed by atoms with Gasteiger partial charge in [-0.25, -0.2) is 0 Å². The number of piperazine rings is 1. The maximum atomic E-state index is 13.2. The molecule has 2 atom stereocenters. The molecule has 148 valence electrons. The Balaban J connectivity index is 1.78. The Morgan fingerprint density at radius 3 is 2.75 bits per heavy atom. The highest BCUT2D eigenvalue weighted by molar-refractivity contribution is 5.79. The van der Waals surface area contributed by atoms with Crippen molar-refractivity contribution in [2.75, 3.05) is 26.7 Å². The van der Waals surface area contributed by atoms with Gasteiger partial charge >= 0.3 is 0 Å². The molecule has 0 spiro atoms. The normalized spacial score (nSPS) is 17.6. The third-order valence-corrected chi connectivity index (χ3v) is 4.91. The molecular weight excluding hydrogens is 356 g/mol. The van der Waals surface area contributed by atoms with Crippen LogP contribution in [-0.4, -0.2) is 48.4 Å². The van der Waals surface area contributed by atoms with E-state index in [1.54, 1.807) is 19.5 Å². The zero-order valence-corrected chi connectivity index (χ0v) is 16.2. The number of methoxy groups -OCH3 is 1. The number of nitrogens with one attached hydrogen (secondary N) is 2. The standard InChI is InChI=1S/C21H26N4O3/c1-15(26)24-19(16-5-7-18(28-2)8-6-16)12-21(27)25-11-10-23-14-20(25)17-4-3-9-22-13-17/h3-9,13,19-20,23H,10-12,14H2,1-2H3,(H,24,26). The Morgan fingerprint density at radius 1 is 1.32 bits per heavy atom. The monoisotopic (exact) mass is 382 g/mol. The molecule has 1 saturated heterocycles. The first-order chi connectivity index (χ1) is 13.6. The van der Waals surface area contributed by atoms with Gasteiger partial charge in [-0.3, -0.25) is 14.6 Å². The minimum absolute atomic E-state index is 0.00456. The molecule has 2 unspecified atom stereocenters. The molecule has 1 aromatic heterocycles. The molecule has 3 rings (SSSR count). The number of amides is 2. The van der Waals surface area contributed by atoms with Crippen LogP contribution in [0.5, 0.6) is 5.75 Å². The van der Waals surface area contributed by atoms with E-state index in [0.29, 0.717) is 13.1 Å². The summed E-state index contributed by atoms with van der Waals surface area (Å²) in [7, 11) is 1.60. The largest absolute Gasteiger partial charge is 0.497 e. The van der Waals surface area contributed by atoms with Crippen LogP contribution in [0, 0.1) is 0 Å². The van der Waals surface area contributed by atoms with Gasteiger partial charge in [-0.15, -0.1) is 0 Å². The van der Waals surface area contributed by atoms with Gasteiger partial charge in [0.2, 0.25) is 11.8 Å². The van der Waals surface area contributed by atoms with Crippen molar-refractivity contribution in [3.05, 3.63) is 59.9 Å². The Kier molecular flexibility index (Phi) is 6.60. The van der Waals surface area contributed by atoms with Crippen molar-refractivity contribution in [1.82, 2.24) is 20.5 Å². The quantitative estimate of drug-likeness (QED) is 0.796. The lowest BCUT2D eigenvalue weighted by molar-refractivity contribution is -0.135. The van der Waals surface area contributed by atoms with Crippen molar-refractivity contribution in [2.45, 2.75) is 25.4 Å². The molecule has 28 heavy (non-hydrogen) atoms. The molecule has 2 aromatic rings. The predicted octanol–water partition coefficient (Wildman–Crippen LogP) is 1.83. The molecular formula is C21H26N4O3. The van der Waals surface area contributed by atoms with E-state index in [9.17, 15) is 9.59 Å². The summed E-state index contributed by atoms with van der Waals surface area (Å²) < 4.78 is 5.19. The van der Waals surface area contributed by atoms with Crippen LogP contribution in [0.3, 0.4) is 0 Å². The van der Waals surface area contributed by atoms with Crippen molar-refractivity contribution in [2.24, 2.45) is 0 Å². The highest BCUT2D eigenvalue weighted by Crippen LogP contribution is 2.26. The van der Waals surface area contributed by atoms with Crippen molar-refractivity contribution in [3.63, 3.8) is 0 Å². The maximum Gasteiger partial charge on any atom is 0.225 e. The number of ether oxygens (including phenoxy) is 1. The molecule has 1 aromatic carbocycles. The molecule has 2 N–H and O–H groups in total. The molecule has 1 fully saturated rings. The lowest BCUT2D eigenvalue weighted by atomic mass is 10.00. The number of nitrogens with zero attached hydrogens (tertiary/aromatic N) is 2. The average molecular weight is 382 g/mol. The lowest BCUT2D eigenvalue weighted by Crippen LogP contribution is -2.49. The van der Waals surface area contributed by atoms with Gasteiger partial charge in [-0.05, 0) is 29.3 Å². The molecule has 2 amide bonds. The Morgan fingerprint density at radius 2 is 2.11 bits per heavy atom.